The van der Waals surface area contributed by atoms with Crippen LogP contribution in [0, 0.1) is 0 Å². The van der Waals surface area contributed by atoms with Crippen LogP contribution in [0.1, 0.15) is 0 Å². The van der Waals surface area contributed by atoms with E-state index in [1.54, 1.807) is 0 Å². The summed E-state index contributed by atoms with van der Waals surface area (Å²) in [5.74, 6) is -4.60. The summed E-state index contributed by atoms with van der Waals surface area (Å²) < 4.78 is 136. The van der Waals surface area contributed by atoms with Crippen LogP contribution < -0.4 is 0 Å². The van der Waals surface area contributed by atoms with E-state index in [0.29, 0.717) is 72.9 Å². The van der Waals surface area contributed by atoms with E-state index in [0.717, 1.165) is 0 Å². The van der Waals surface area contributed by atoms with Gasteiger partial charge in [0.1, 0.15) is 0 Å². The van der Waals surface area contributed by atoms with E-state index in [9.17, 15) is 71.1 Å². The number of carbonyl (C=O) groups is 4. The molecule has 20 heteroatoms. The number of allylic oxidation sites excluding steroid dienone is 20. The monoisotopic (exact) mass is 736 g/mol. The van der Waals surface area contributed by atoms with E-state index in [-0.39, 0.29) is 0 Å². The SMILES string of the molecule is O=C1C2=CC3=CC(S(=O)(=O)O)=CC(=CC4=CC(S(=O)(=O)O)=CC(=CC5=CC(S(=O)(=O)O)=CC(=CC1=CC(S(=O)(=O)O)=C2)C5=O)C4=O)C3=O. The van der Waals surface area contributed by atoms with Gasteiger partial charge < -0.3 is 0 Å². The quantitative estimate of drug-likeness (QED) is 0.291. The van der Waals surface area contributed by atoms with E-state index in [1.807, 2.05) is 0 Å². The van der Waals surface area contributed by atoms with Gasteiger partial charge in [-0.05, 0) is 72.9 Å². The summed E-state index contributed by atoms with van der Waals surface area (Å²) in [5.41, 5.74) is -5.75. The fourth-order valence-corrected chi connectivity index (χ4v) is 6.91. The molecule has 5 aliphatic rings. The maximum atomic E-state index is 13.5. The van der Waals surface area contributed by atoms with Crippen LogP contribution in [-0.4, -0.2) is 75.0 Å². The number of hydrogen-bond donors (Lipinski definition) is 4. The Hall–Kier alpha value is -4.80. The summed E-state index contributed by atoms with van der Waals surface area (Å²) in [6, 6.07) is 0. The van der Waals surface area contributed by atoms with Gasteiger partial charge >= 0.3 is 0 Å². The second-order valence-corrected chi connectivity index (χ2v) is 15.9. The molecule has 0 fully saturated rings. The molecule has 48 heavy (non-hydrogen) atoms. The standard InChI is InChI=1S/C28H16O16S4/c29-25-13-1-14-6-22(46(36,37)38)8-16(26(14)30)3-18-10-24(48(42,43)44)12-20(28(18)32)4-19-11-23(47(39,40)41)9-17(27(19)31)2-15(25)7-21(5-13)45(33,34)35/h1-12H,(H,33,34,35)(H,36,37,38)(H,39,40,41)(H,42,43,44). The zero-order chi connectivity index (χ0) is 35.7. The molecule has 0 radical (unpaired) electrons. The van der Waals surface area contributed by atoms with Crippen molar-refractivity contribution >= 4 is 63.6 Å². The van der Waals surface area contributed by atoms with Crippen molar-refractivity contribution in [2.24, 2.45) is 0 Å². The van der Waals surface area contributed by atoms with E-state index < -0.39 is 128 Å². The average molecular weight is 737 g/mol. The highest BCUT2D eigenvalue weighted by Crippen LogP contribution is 2.33. The fraction of sp³-hybridized carbons (Fsp3) is 0. The molecule has 0 atom stereocenters. The molecule has 5 aliphatic carbocycles. The topological polar surface area (TPSA) is 286 Å². The van der Waals surface area contributed by atoms with Gasteiger partial charge in [-0.25, -0.2) is 0 Å². The van der Waals surface area contributed by atoms with Crippen molar-refractivity contribution in [3.63, 3.8) is 0 Å². The second kappa shape index (κ2) is 11.4. The molecule has 0 aromatic carbocycles. The van der Waals surface area contributed by atoms with E-state index >= 15 is 0 Å². The molecule has 0 aliphatic heterocycles. The van der Waals surface area contributed by atoms with E-state index in [4.69, 9.17) is 0 Å². The zero-order valence-corrected chi connectivity index (χ0v) is 26.5. The minimum Gasteiger partial charge on any atom is -0.289 e. The lowest BCUT2D eigenvalue weighted by atomic mass is 9.86. The number of hydrogen-bond acceptors (Lipinski definition) is 12. The maximum absolute atomic E-state index is 13.5. The van der Waals surface area contributed by atoms with Gasteiger partial charge in [0.2, 0.25) is 0 Å². The molecule has 8 bridgehead atoms. The van der Waals surface area contributed by atoms with Gasteiger partial charge in [-0.1, -0.05) is 0 Å². The zero-order valence-electron chi connectivity index (χ0n) is 23.2. The van der Waals surface area contributed by atoms with Crippen molar-refractivity contribution in [3.8, 4) is 0 Å². The highest BCUT2D eigenvalue weighted by atomic mass is 32.2. The van der Waals surface area contributed by atoms with Crippen LogP contribution in [0.4, 0.5) is 0 Å². The summed E-state index contributed by atoms with van der Waals surface area (Å²) in [5, 5.41) is 0. The maximum Gasteiger partial charge on any atom is 0.294 e. The summed E-state index contributed by atoms with van der Waals surface area (Å²) in [6.07, 6.45) is 7.20. The predicted octanol–water partition coefficient (Wildman–Crippen LogP) is 0.829. The summed E-state index contributed by atoms with van der Waals surface area (Å²) in [6.45, 7) is 0. The first-order valence-corrected chi connectivity index (χ1v) is 18.4. The Morgan fingerprint density at radius 1 is 0.271 bits per heavy atom. The van der Waals surface area contributed by atoms with Gasteiger partial charge in [0, 0.05) is 44.6 Å². The van der Waals surface area contributed by atoms with Crippen molar-refractivity contribution in [2.45, 2.75) is 0 Å². The van der Waals surface area contributed by atoms with Gasteiger partial charge in [-0.2, -0.15) is 33.7 Å². The highest BCUT2D eigenvalue weighted by molar-refractivity contribution is 7.90. The summed E-state index contributed by atoms with van der Waals surface area (Å²) in [7, 11) is -20.5. The lowest BCUT2D eigenvalue weighted by Gasteiger charge is -2.19. The van der Waals surface area contributed by atoms with Crippen LogP contribution in [0.15, 0.2) is 137 Å². The molecule has 0 aromatic heterocycles. The predicted molar refractivity (Wildman–Crippen MR) is 163 cm³/mol. The van der Waals surface area contributed by atoms with Gasteiger partial charge in [-0.15, -0.1) is 0 Å². The Kier molecular flexibility index (Phi) is 8.22. The Labute approximate surface area is 270 Å². The number of rotatable bonds is 4. The third-order valence-corrected chi connectivity index (χ3v) is 10.2. The molecule has 0 amide bonds. The number of ketones is 4. The van der Waals surface area contributed by atoms with Crippen LogP contribution in [0.5, 0.6) is 0 Å². The molecular weight excluding hydrogens is 721 g/mol. The summed E-state index contributed by atoms with van der Waals surface area (Å²) in [4.78, 5) is 50.2. The van der Waals surface area contributed by atoms with Crippen LogP contribution in [0.3, 0.4) is 0 Å². The van der Waals surface area contributed by atoms with Crippen LogP contribution in [-0.2, 0) is 59.7 Å². The second-order valence-electron chi connectivity index (χ2n) is 10.2. The number of Topliss-reactive ketones (excluding diaryl/α,β-unsaturated/α-hetero) is 4. The molecule has 5 rings (SSSR count). The fourth-order valence-electron chi connectivity index (χ4n) is 4.71. The third kappa shape index (κ3) is 6.77. The third-order valence-electron chi connectivity index (χ3n) is 6.92. The van der Waals surface area contributed by atoms with Gasteiger partial charge in [0.05, 0.1) is 19.6 Å². The number of fused-ring (bicyclic) bond motifs is 8. The lowest BCUT2D eigenvalue weighted by molar-refractivity contribution is -0.112. The van der Waals surface area contributed by atoms with Crippen LogP contribution in [0.2, 0.25) is 0 Å². The smallest absolute Gasteiger partial charge is 0.289 e. The van der Waals surface area contributed by atoms with Crippen LogP contribution in [0.25, 0.3) is 0 Å². The molecule has 0 spiro atoms. The van der Waals surface area contributed by atoms with Gasteiger partial charge in [0.15, 0.2) is 23.1 Å². The summed E-state index contributed by atoms with van der Waals surface area (Å²) >= 11 is 0. The normalized spacial score (nSPS) is 20.8. The van der Waals surface area contributed by atoms with E-state index in [2.05, 4.69) is 0 Å². The highest BCUT2D eigenvalue weighted by Gasteiger charge is 2.32. The average Bonchev–Trinajstić information content (AvgIpc) is 2.93. The molecule has 0 unspecified atom stereocenters. The Morgan fingerprint density at radius 3 is 0.562 bits per heavy atom. The Balaban J connectivity index is 1.94. The van der Waals surface area contributed by atoms with Crippen molar-refractivity contribution in [1.82, 2.24) is 0 Å². The minimum absolute atomic E-state index is 0.574. The van der Waals surface area contributed by atoms with Crippen molar-refractivity contribution in [1.29, 1.82) is 0 Å². The first-order valence-electron chi connectivity index (χ1n) is 12.6. The van der Waals surface area contributed by atoms with E-state index in [1.165, 1.54) is 0 Å². The van der Waals surface area contributed by atoms with Crippen LogP contribution >= 0.6 is 0 Å². The molecule has 0 saturated heterocycles. The Bertz CT molecular complexity index is 2210. The Morgan fingerprint density at radius 2 is 0.417 bits per heavy atom. The molecule has 4 N–H and O–H groups in total. The molecule has 0 aromatic rings. The molecule has 248 valence electrons. The first kappa shape index (κ1) is 34.5. The molecule has 16 nitrogen and oxygen atoms in total. The molecular formula is C28H16O16S4. The van der Waals surface area contributed by atoms with Gasteiger partial charge in [-0.3, -0.25) is 37.4 Å². The molecule has 0 heterocycles. The largest absolute Gasteiger partial charge is 0.294 e. The number of carbonyl (C=O) groups excluding carboxylic acids is 4. The van der Waals surface area contributed by atoms with Crippen molar-refractivity contribution in [2.75, 3.05) is 0 Å². The van der Waals surface area contributed by atoms with Crippen molar-refractivity contribution in [3.05, 3.63) is 137 Å². The molecule has 0 saturated carbocycles. The first-order chi connectivity index (χ1) is 21.9. The minimum atomic E-state index is -5.13. The van der Waals surface area contributed by atoms with Crippen molar-refractivity contribution < 1.29 is 71.1 Å². The van der Waals surface area contributed by atoms with Gasteiger partial charge in [0.25, 0.3) is 40.5 Å². The lowest BCUT2D eigenvalue weighted by Crippen LogP contribution is -2.19.